The number of thiophene rings is 2. The van der Waals surface area contributed by atoms with Crippen molar-refractivity contribution in [1.82, 2.24) is 5.32 Å². The first-order valence-corrected chi connectivity index (χ1v) is 10.6. The van der Waals surface area contributed by atoms with Gasteiger partial charge in [-0.1, -0.05) is 11.6 Å². The van der Waals surface area contributed by atoms with Gasteiger partial charge in [0.05, 0.1) is 27.0 Å². The Morgan fingerprint density at radius 1 is 1.22 bits per heavy atom. The Labute approximate surface area is 176 Å². The van der Waals surface area contributed by atoms with Crippen LogP contribution >= 0.6 is 50.2 Å². The second kappa shape index (κ2) is 8.52. The highest BCUT2D eigenvalue weighted by Crippen LogP contribution is 2.28. The van der Waals surface area contributed by atoms with E-state index < -0.39 is 11.7 Å². The predicted octanol–water partition coefficient (Wildman–Crippen LogP) is 5.86. The van der Waals surface area contributed by atoms with Gasteiger partial charge in [0.15, 0.2) is 0 Å². The minimum absolute atomic E-state index is 0.0286. The molecule has 140 valence electrons. The zero-order chi connectivity index (χ0) is 19.6. The molecule has 0 radical (unpaired) electrons. The molecule has 0 aliphatic carbocycles. The molecular weight excluding hydrogens is 475 g/mol. The summed E-state index contributed by atoms with van der Waals surface area (Å²) in [5, 5.41) is 8.06. The number of hydrogen-bond acceptors (Lipinski definition) is 4. The van der Waals surface area contributed by atoms with E-state index >= 15 is 0 Å². The zero-order valence-electron chi connectivity index (χ0n) is 13.9. The molecule has 2 aromatic heterocycles. The summed E-state index contributed by atoms with van der Waals surface area (Å²) < 4.78 is 14.1. The van der Waals surface area contributed by atoms with Gasteiger partial charge in [-0.25, -0.2) is 4.39 Å². The highest BCUT2D eigenvalue weighted by Gasteiger charge is 2.17. The van der Waals surface area contributed by atoms with Gasteiger partial charge in [-0.05, 0) is 58.7 Å². The van der Waals surface area contributed by atoms with Crippen molar-refractivity contribution in [3.05, 3.63) is 71.9 Å². The van der Waals surface area contributed by atoms with E-state index in [0.29, 0.717) is 16.4 Å². The minimum atomic E-state index is -0.514. The largest absolute Gasteiger partial charge is 0.346 e. The van der Waals surface area contributed by atoms with E-state index in [2.05, 4.69) is 26.6 Å². The van der Waals surface area contributed by atoms with E-state index in [-0.39, 0.29) is 16.5 Å². The summed E-state index contributed by atoms with van der Waals surface area (Å²) in [6.07, 6.45) is 0. The van der Waals surface area contributed by atoms with E-state index in [1.54, 1.807) is 24.3 Å². The van der Waals surface area contributed by atoms with Gasteiger partial charge in [0, 0.05) is 14.7 Å². The van der Waals surface area contributed by atoms with E-state index in [9.17, 15) is 14.0 Å². The van der Waals surface area contributed by atoms with Crippen molar-refractivity contribution in [2.75, 3.05) is 5.32 Å². The van der Waals surface area contributed by atoms with Crippen molar-refractivity contribution in [2.45, 2.75) is 13.5 Å². The van der Waals surface area contributed by atoms with Crippen LogP contribution in [0.5, 0.6) is 0 Å². The lowest BCUT2D eigenvalue weighted by molar-refractivity contribution is 0.0953. The molecule has 9 heteroatoms. The van der Waals surface area contributed by atoms with Crippen LogP contribution in [0.15, 0.2) is 40.2 Å². The molecule has 0 aliphatic heterocycles. The van der Waals surface area contributed by atoms with Crippen molar-refractivity contribution >= 4 is 67.0 Å². The number of aryl methyl sites for hydroxylation is 1. The summed E-state index contributed by atoms with van der Waals surface area (Å²) in [7, 11) is 0. The Morgan fingerprint density at radius 2 is 2.00 bits per heavy atom. The standard InChI is InChI=1S/C18H13BrClFN2O2S2/c1-9-4-15(23-17(24)13-3-2-11(21)6-14(13)20)27-16(9)18(25)22-7-12-5-10(19)8-26-12/h2-6,8H,7H2,1H3,(H,22,25)(H,23,24). The topological polar surface area (TPSA) is 58.2 Å². The number of carbonyl (C=O) groups excluding carboxylic acids is 2. The van der Waals surface area contributed by atoms with Crippen LogP contribution in [0.3, 0.4) is 0 Å². The Morgan fingerprint density at radius 3 is 2.67 bits per heavy atom. The van der Waals surface area contributed by atoms with E-state index in [0.717, 1.165) is 21.0 Å². The van der Waals surface area contributed by atoms with Crippen LogP contribution < -0.4 is 10.6 Å². The van der Waals surface area contributed by atoms with Gasteiger partial charge < -0.3 is 10.6 Å². The van der Waals surface area contributed by atoms with Crippen LogP contribution in [0.2, 0.25) is 5.02 Å². The minimum Gasteiger partial charge on any atom is -0.346 e. The Balaban J connectivity index is 1.68. The second-order valence-corrected chi connectivity index (χ2v) is 8.99. The molecular formula is C18H13BrClFN2O2S2. The maximum atomic E-state index is 13.1. The van der Waals surface area contributed by atoms with Crippen LogP contribution in [0.1, 0.15) is 30.5 Å². The lowest BCUT2D eigenvalue weighted by atomic mass is 10.2. The van der Waals surface area contributed by atoms with E-state index in [1.165, 1.54) is 23.5 Å². The molecule has 3 rings (SSSR count). The third-order valence-electron chi connectivity index (χ3n) is 3.58. The fourth-order valence-corrected chi connectivity index (χ4v) is 4.94. The smallest absolute Gasteiger partial charge is 0.261 e. The fraction of sp³-hybridized carbons (Fsp3) is 0.111. The molecule has 3 aromatic rings. The molecule has 0 atom stereocenters. The fourth-order valence-electron chi connectivity index (χ4n) is 2.32. The second-order valence-electron chi connectivity index (χ2n) is 5.61. The van der Waals surface area contributed by atoms with Crippen molar-refractivity contribution < 1.29 is 14.0 Å². The molecule has 27 heavy (non-hydrogen) atoms. The molecule has 1 aromatic carbocycles. The molecule has 0 saturated heterocycles. The first-order valence-electron chi connectivity index (χ1n) is 7.71. The summed E-state index contributed by atoms with van der Waals surface area (Å²) in [6.45, 7) is 2.23. The zero-order valence-corrected chi connectivity index (χ0v) is 17.9. The third kappa shape index (κ3) is 4.95. The number of carbonyl (C=O) groups is 2. The van der Waals surface area contributed by atoms with E-state index in [4.69, 9.17) is 11.6 Å². The van der Waals surface area contributed by atoms with Crippen LogP contribution in [0.4, 0.5) is 9.39 Å². The van der Waals surface area contributed by atoms with Crippen LogP contribution in [0.25, 0.3) is 0 Å². The van der Waals surface area contributed by atoms with Crippen molar-refractivity contribution in [2.24, 2.45) is 0 Å². The molecule has 2 N–H and O–H groups in total. The molecule has 2 amide bonds. The van der Waals surface area contributed by atoms with Gasteiger partial charge in [0.1, 0.15) is 5.82 Å². The number of anilines is 1. The molecule has 0 bridgehead atoms. The highest BCUT2D eigenvalue weighted by molar-refractivity contribution is 9.10. The molecule has 0 unspecified atom stereocenters. The number of benzene rings is 1. The number of halogens is 3. The number of hydrogen-bond donors (Lipinski definition) is 2. The number of rotatable bonds is 5. The predicted molar refractivity (Wildman–Crippen MR) is 112 cm³/mol. The van der Waals surface area contributed by atoms with Gasteiger partial charge in [-0.15, -0.1) is 22.7 Å². The van der Waals surface area contributed by atoms with E-state index in [1.807, 2.05) is 11.4 Å². The van der Waals surface area contributed by atoms with Crippen LogP contribution in [0, 0.1) is 12.7 Å². The summed E-state index contributed by atoms with van der Waals surface area (Å²) in [4.78, 5) is 26.3. The average molecular weight is 488 g/mol. The molecule has 0 spiro atoms. The maximum absolute atomic E-state index is 13.1. The maximum Gasteiger partial charge on any atom is 0.261 e. The molecule has 2 heterocycles. The lowest BCUT2D eigenvalue weighted by Crippen LogP contribution is -2.21. The van der Waals surface area contributed by atoms with Gasteiger partial charge in [0.25, 0.3) is 11.8 Å². The van der Waals surface area contributed by atoms with Crippen molar-refractivity contribution in [3.63, 3.8) is 0 Å². The molecule has 0 saturated carbocycles. The lowest BCUT2D eigenvalue weighted by Gasteiger charge is -2.04. The van der Waals surface area contributed by atoms with Crippen molar-refractivity contribution in [1.29, 1.82) is 0 Å². The highest BCUT2D eigenvalue weighted by atomic mass is 79.9. The Kier molecular flexibility index (Phi) is 6.31. The Bertz CT molecular complexity index is 1020. The van der Waals surface area contributed by atoms with Crippen LogP contribution in [-0.4, -0.2) is 11.8 Å². The van der Waals surface area contributed by atoms with Gasteiger partial charge >= 0.3 is 0 Å². The summed E-state index contributed by atoms with van der Waals surface area (Å²) >= 11 is 12.0. The summed E-state index contributed by atoms with van der Waals surface area (Å²) in [5.41, 5.74) is 0.920. The normalized spacial score (nSPS) is 10.7. The number of amides is 2. The first kappa shape index (κ1) is 20.0. The van der Waals surface area contributed by atoms with Gasteiger partial charge in [0.2, 0.25) is 0 Å². The quantitative estimate of drug-likeness (QED) is 0.474. The average Bonchev–Trinajstić information content (AvgIpc) is 3.18. The summed E-state index contributed by atoms with van der Waals surface area (Å²) in [5.74, 6) is -1.18. The van der Waals surface area contributed by atoms with Crippen LogP contribution in [-0.2, 0) is 6.54 Å². The van der Waals surface area contributed by atoms with Gasteiger partial charge in [-0.2, -0.15) is 0 Å². The monoisotopic (exact) mass is 486 g/mol. The van der Waals surface area contributed by atoms with Gasteiger partial charge in [-0.3, -0.25) is 9.59 Å². The molecule has 4 nitrogen and oxygen atoms in total. The Hall–Kier alpha value is -1.74. The SMILES string of the molecule is Cc1cc(NC(=O)c2ccc(F)cc2Cl)sc1C(=O)NCc1cc(Br)cs1. The third-order valence-corrected chi connectivity index (χ3v) is 6.74. The summed E-state index contributed by atoms with van der Waals surface area (Å²) in [6, 6.07) is 7.24. The first-order chi connectivity index (χ1) is 12.8. The number of nitrogens with one attached hydrogen (secondary N) is 2. The molecule has 0 aliphatic rings. The molecule has 0 fully saturated rings. The van der Waals surface area contributed by atoms with Crippen molar-refractivity contribution in [3.8, 4) is 0 Å².